The van der Waals surface area contributed by atoms with E-state index in [-0.39, 0.29) is 11.7 Å². The molecular weight excluding hydrogens is 342 g/mol. The van der Waals surface area contributed by atoms with Crippen molar-refractivity contribution in [2.75, 3.05) is 6.61 Å². The number of aliphatic hydroxyl groups is 2. The molecule has 0 aliphatic rings. The first-order chi connectivity index (χ1) is 11.6. The number of aromatic nitrogens is 2. The number of nitrogens with zero attached hydrogens (tertiary/aromatic N) is 2. The molecule has 25 heavy (non-hydrogen) atoms. The van der Waals surface area contributed by atoms with Crippen molar-refractivity contribution in [1.82, 2.24) is 20.8 Å². The lowest BCUT2D eigenvalue weighted by Gasteiger charge is -2.19. The van der Waals surface area contributed by atoms with Gasteiger partial charge in [0.2, 0.25) is 5.89 Å². The van der Waals surface area contributed by atoms with Crippen molar-refractivity contribution < 1.29 is 39.3 Å². The predicted molar refractivity (Wildman–Crippen MR) is 78.1 cm³/mol. The average Bonchev–Trinajstić information content (AvgIpc) is 3.00. The molecule has 140 valence electrons. The normalized spacial score (nSPS) is 15.7. The zero-order valence-electron chi connectivity index (χ0n) is 13.1. The Labute approximate surface area is 140 Å². The maximum absolute atomic E-state index is 11.9. The number of hydrogen-bond acceptors (Lipinski definition) is 9. The third-order valence-electron chi connectivity index (χ3n) is 3.00. The lowest BCUT2D eigenvalue weighted by Crippen LogP contribution is -2.51. The molecule has 0 aromatic carbocycles. The van der Waals surface area contributed by atoms with E-state index in [9.17, 15) is 19.5 Å². The first-order valence-electron chi connectivity index (χ1n) is 7.05. The predicted octanol–water partition coefficient (Wildman–Crippen LogP) is -2.29. The van der Waals surface area contributed by atoms with Crippen LogP contribution in [0.4, 0.5) is 4.79 Å². The first-order valence-corrected chi connectivity index (χ1v) is 7.05. The second-order valence-electron chi connectivity index (χ2n) is 5.10. The molecule has 1 heterocycles. The minimum absolute atomic E-state index is 0.0949. The fourth-order valence-corrected chi connectivity index (χ4v) is 1.73. The zero-order chi connectivity index (χ0) is 19.1. The van der Waals surface area contributed by atoms with E-state index in [0.717, 1.165) is 6.92 Å². The van der Waals surface area contributed by atoms with E-state index in [1.54, 1.807) is 0 Å². The van der Waals surface area contributed by atoms with Crippen molar-refractivity contribution in [2.45, 2.75) is 37.6 Å². The number of rotatable bonds is 9. The van der Waals surface area contributed by atoms with Gasteiger partial charge in [-0.2, -0.15) is 4.98 Å². The quantitative estimate of drug-likeness (QED) is 0.248. The van der Waals surface area contributed by atoms with Crippen LogP contribution in [0.15, 0.2) is 4.52 Å². The number of urea groups is 1. The van der Waals surface area contributed by atoms with Crippen LogP contribution in [0.3, 0.4) is 0 Å². The third kappa shape index (κ3) is 5.98. The van der Waals surface area contributed by atoms with Crippen LogP contribution < -0.4 is 16.4 Å². The molecule has 13 nitrogen and oxygen atoms in total. The van der Waals surface area contributed by atoms with Crippen LogP contribution in [0, 0.1) is 0 Å². The third-order valence-corrected chi connectivity index (χ3v) is 3.00. The summed E-state index contributed by atoms with van der Waals surface area (Å²) >= 11 is 0. The highest BCUT2D eigenvalue weighted by Gasteiger charge is 2.29. The molecule has 0 radical (unpaired) electrons. The van der Waals surface area contributed by atoms with Gasteiger partial charge in [-0.15, -0.1) is 0 Å². The van der Waals surface area contributed by atoms with Gasteiger partial charge in [-0.25, -0.2) is 9.59 Å². The Morgan fingerprint density at radius 2 is 1.92 bits per heavy atom. The van der Waals surface area contributed by atoms with Gasteiger partial charge in [0.25, 0.3) is 0 Å². The average molecular weight is 361 g/mol. The molecule has 4 unspecified atom stereocenters. The molecule has 4 atom stereocenters. The highest BCUT2D eigenvalue weighted by Crippen LogP contribution is 2.17. The van der Waals surface area contributed by atoms with E-state index in [1.807, 2.05) is 5.32 Å². The highest BCUT2D eigenvalue weighted by molar-refractivity contribution is 5.83. The number of carboxylic acids is 2. The van der Waals surface area contributed by atoms with Crippen molar-refractivity contribution in [3.8, 4) is 0 Å². The van der Waals surface area contributed by atoms with E-state index in [1.165, 1.54) is 0 Å². The summed E-state index contributed by atoms with van der Waals surface area (Å²) in [5.41, 5.74) is 5.50. The van der Waals surface area contributed by atoms with Crippen molar-refractivity contribution in [3.05, 3.63) is 11.7 Å². The topological polar surface area (TPSA) is 221 Å². The van der Waals surface area contributed by atoms with E-state index in [0.29, 0.717) is 0 Å². The van der Waals surface area contributed by atoms with E-state index < -0.39 is 55.2 Å². The summed E-state index contributed by atoms with van der Waals surface area (Å²) < 4.78 is 4.83. The van der Waals surface area contributed by atoms with Gasteiger partial charge in [-0.1, -0.05) is 5.16 Å². The molecule has 13 heteroatoms. The summed E-state index contributed by atoms with van der Waals surface area (Å²) in [7, 11) is 0. The fraction of sp³-hybridized carbons (Fsp3) is 0.583. The first kappa shape index (κ1) is 20.3. The monoisotopic (exact) mass is 361 g/mol. The van der Waals surface area contributed by atoms with E-state index in [2.05, 4.69) is 15.5 Å². The van der Waals surface area contributed by atoms with Gasteiger partial charge in [0.1, 0.15) is 6.04 Å². The number of carbonyl (C=O) groups excluding carboxylic acids is 1. The van der Waals surface area contributed by atoms with Crippen molar-refractivity contribution in [3.63, 3.8) is 0 Å². The minimum Gasteiger partial charge on any atom is -0.481 e. The molecule has 1 rings (SSSR count). The molecule has 0 aliphatic heterocycles. The van der Waals surface area contributed by atoms with Crippen LogP contribution in [0.1, 0.15) is 37.1 Å². The number of amides is 2. The van der Waals surface area contributed by atoms with Gasteiger partial charge < -0.3 is 41.3 Å². The van der Waals surface area contributed by atoms with Gasteiger partial charge in [-0.3, -0.25) is 4.79 Å². The second-order valence-corrected chi connectivity index (χ2v) is 5.10. The SMILES string of the molecule is CC(O)C(NC(=O)NC(CC(=O)O)c1nc(C(N)CO)no1)C(=O)O. The number of aliphatic carboxylic acids is 2. The van der Waals surface area contributed by atoms with Gasteiger partial charge in [-0.05, 0) is 6.92 Å². The maximum atomic E-state index is 11.9. The van der Waals surface area contributed by atoms with Crippen molar-refractivity contribution in [1.29, 1.82) is 0 Å². The Balaban J connectivity index is 2.89. The summed E-state index contributed by atoms with van der Waals surface area (Å²) in [5.74, 6) is -3.17. The van der Waals surface area contributed by atoms with Gasteiger partial charge in [0.15, 0.2) is 11.9 Å². The van der Waals surface area contributed by atoms with Crippen LogP contribution in [-0.2, 0) is 9.59 Å². The highest BCUT2D eigenvalue weighted by atomic mass is 16.5. The van der Waals surface area contributed by atoms with Gasteiger partial charge in [0, 0.05) is 0 Å². The van der Waals surface area contributed by atoms with Crippen LogP contribution in [0.25, 0.3) is 0 Å². The molecule has 0 fully saturated rings. The molecule has 0 saturated heterocycles. The fourth-order valence-electron chi connectivity index (χ4n) is 1.73. The second kappa shape index (κ2) is 8.91. The Bertz CT molecular complexity index is 618. The summed E-state index contributed by atoms with van der Waals surface area (Å²) in [4.78, 5) is 37.6. The largest absolute Gasteiger partial charge is 0.481 e. The number of aliphatic hydroxyl groups excluding tert-OH is 2. The summed E-state index contributed by atoms with van der Waals surface area (Å²) in [6, 6.07) is -4.91. The van der Waals surface area contributed by atoms with Gasteiger partial charge >= 0.3 is 18.0 Å². The van der Waals surface area contributed by atoms with Crippen LogP contribution in [0.2, 0.25) is 0 Å². The molecule has 0 aliphatic carbocycles. The molecule has 1 aromatic heterocycles. The van der Waals surface area contributed by atoms with Crippen molar-refractivity contribution >= 4 is 18.0 Å². The smallest absolute Gasteiger partial charge is 0.328 e. The number of hydrogen-bond donors (Lipinski definition) is 7. The maximum Gasteiger partial charge on any atom is 0.328 e. The number of carbonyl (C=O) groups is 3. The summed E-state index contributed by atoms with van der Waals surface area (Å²) in [6.45, 7) is 0.680. The molecule has 0 bridgehead atoms. The molecule has 0 spiro atoms. The molecular formula is C12H19N5O8. The van der Waals surface area contributed by atoms with Crippen LogP contribution >= 0.6 is 0 Å². The molecule has 8 N–H and O–H groups in total. The summed E-state index contributed by atoms with van der Waals surface area (Å²) in [6.07, 6.45) is -2.03. The Morgan fingerprint density at radius 3 is 2.40 bits per heavy atom. The lowest BCUT2D eigenvalue weighted by molar-refractivity contribution is -0.142. The number of nitrogens with one attached hydrogen (secondary N) is 2. The van der Waals surface area contributed by atoms with Crippen LogP contribution in [-0.4, -0.2) is 67.3 Å². The Kier molecular flexibility index (Phi) is 7.22. The van der Waals surface area contributed by atoms with E-state index in [4.69, 9.17) is 25.6 Å². The van der Waals surface area contributed by atoms with Crippen LogP contribution in [0.5, 0.6) is 0 Å². The standard InChI is InChI=1S/C12H19N5O8/c1-4(19)8(11(22)23)15-12(24)14-6(2-7(20)21)10-16-9(17-25-10)5(13)3-18/h4-6,8,18-19H,2-3,13H2,1H3,(H,20,21)(H,22,23)(H2,14,15,24). The molecule has 0 saturated carbocycles. The molecule has 2 amide bonds. The van der Waals surface area contributed by atoms with E-state index >= 15 is 0 Å². The summed E-state index contributed by atoms with van der Waals surface area (Å²) in [5, 5.41) is 43.7. The minimum atomic E-state index is -1.61. The zero-order valence-corrected chi connectivity index (χ0v) is 13.1. The number of carboxylic acid groups (broad SMARTS) is 2. The van der Waals surface area contributed by atoms with Crippen molar-refractivity contribution in [2.24, 2.45) is 5.73 Å². The Hall–Kier alpha value is -2.77. The number of nitrogens with two attached hydrogens (primary N) is 1. The molecule has 1 aromatic rings. The Morgan fingerprint density at radius 1 is 1.28 bits per heavy atom. The lowest BCUT2D eigenvalue weighted by atomic mass is 10.2. The van der Waals surface area contributed by atoms with Gasteiger partial charge in [0.05, 0.1) is 25.2 Å².